The van der Waals surface area contributed by atoms with Crippen LogP contribution in [0.2, 0.25) is 0 Å². The van der Waals surface area contributed by atoms with Crippen molar-refractivity contribution in [1.82, 2.24) is 0 Å². The van der Waals surface area contributed by atoms with Gasteiger partial charge in [-0.3, -0.25) is 4.55 Å². The van der Waals surface area contributed by atoms with Gasteiger partial charge in [-0.25, -0.2) is 10.1 Å². The number of nitrogens with zero attached hydrogens (tertiary/aromatic N) is 2. The maximum absolute atomic E-state index is 9.29. The van der Waals surface area contributed by atoms with Crippen molar-refractivity contribution in [2.45, 2.75) is 0 Å². The van der Waals surface area contributed by atoms with Gasteiger partial charge in [0, 0.05) is 0 Å². The first-order valence-corrected chi connectivity index (χ1v) is 2.46. The Morgan fingerprint density at radius 2 is 2.43 bits per heavy atom. The van der Waals surface area contributed by atoms with Gasteiger partial charge < -0.3 is 0 Å². The molecule has 0 amide bonds. The number of nitro groups is 1. The quantitative estimate of drug-likeness (QED) is 0.224. The summed E-state index contributed by atoms with van der Waals surface area (Å²) in [6.07, 6.45) is 0. The van der Waals surface area contributed by atoms with Crippen LogP contribution >= 0.6 is 11.4 Å². The Morgan fingerprint density at radius 1 is 2.00 bits per heavy atom. The summed E-state index contributed by atoms with van der Waals surface area (Å²) in [6.45, 7) is 0. The van der Waals surface area contributed by atoms with Crippen molar-refractivity contribution in [2.24, 2.45) is 0 Å². The van der Waals surface area contributed by atoms with E-state index in [9.17, 15) is 10.1 Å². The van der Waals surface area contributed by atoms with Gasteiger partial charge in [0.15, 0.2) is 0 Å². The minimum atomic E-state index is -2.61. The SMILES string of the molecule is N#C[SH](O)[N+](=O)[O-]. The summed E-state index contributed by atoms with van der Waals surface area (Å²) in [5.74, 6) is 0. The Hall–Kier alpha value is -0.800. The van der Waals surface area contributed by atoms with Crippen molar-refractivity contribution >= 4 is 11.4 Å². The van der Waals surface area contributed by atoms with Crippen LogP contribution in [0.5, 0.6) is 0 Å². The van der Waals surface area contributed by atoms with E-state index >= 15 is 0 Å². The molecule has 0 aliphatic rings. The summed E-state index contributed by atoms with van der Waals surface area (Å²) < 4.78 is 6.92. The molecular weight excluding hydrogens is 120 g/mol. The molecule has 40 valence electrons. The molecule has 0 aromatic heterocycles. The van der Waals surface area contributed by atoms with Crippen LogP contribution in [0.25, 0.3) is 0 Å². The summed E-state index contributed by atoms with van der Waals surface area (Å²) in [6, 6.07) is 0. The predicted octanol–water partition coefficient (Wildman–Crippen LogP) is 0.133. The largest absolute Gasteiger partial charge is 0.288 e. The van der Waals surface area contributed by atoms with Crippen LogP contribution in [-0.4, -0.2) is 8.88 Å². The van der Waals surface area contributed by atoms with Crippen molar-refractivity contribution in [3.8, 4) is 5.40 Å². The average Bonchev–Trinajstić information content (AvgIpc) is 1.65. The Bertz CT molecular complexity index is 117. The van der Waals surface area contributed by atoms with E-state index in [1.807, 2.05) is 0 Å². The van der Waals surface area contributed by atoms with Gasteiger partial charge in [-0.2, -0.15) is 5.26 Å². The number of nitriles is 1. The molecule has 0 spiro atoms. The third kappa shape index (κ3) is 1.97. The van der Waals surface area contributed by atoms with Gasteiger partial charge in [0.2, 0.25) is 16.8 Å². The van der Waals surface area contributed by atoms with E-state index in [0.29, 0.717) is 0 Å². The Morgan fingerprint density at radius 3 is 2.43 bits per heavy atom. The van der Waals surface area contributed by atoms with Crippen LogP contribution < -0.4 is 0 Å². The molecule has 0 aliphatic heterocycles. The average molecular weight is 122 g/mol. The highest BCUT2D eigenvalue weighted by molar-refractivity contribution is 8.10. The van der Waals surface area contributed by atoms with E-state index in [0.717, 1.165) is 5.40 Å². The monoisotopic (exact) mass is 122 g/mol. The lowest BCUT2D eigenvalue weighted by molar-refractivity contribution is -0.297. The van der Waals surface area contributed by atoms with Gasteiger partial charge >= 0.3 is 0 Å². The van der Waals surface area contributed by atoms with Crippen LogP contribution in [0.15, 0.2) is 0 Å². The van der Waals surface area contributed by atoms with E-state index in [1.54, 1.807) is 0 Å². The minimum absolute atomic E-state index is 1.02. The molecule has 1 unspecified atom stereocenters. The summed E-state index contributed by atoms with van der Waals surface area (Å²) in [5.41, 5.74) is 0. The minimum Gasteiger partial charge on any atom is -0.288 e. The highest BCUT2D eigenvalue weighted by Gasteiger charge is 2.03. The van der Waals surface area contributed by atoms with E-state index in [1.165, 1.54) is 0 Å². The van der Waals surface area contributed by atoms with Gasteiger partial charge in [-0.15, -0.1) is 0 Å². The number of hydrogen-bond donors (Lipinski definition) is 2. The molecule has 0 radical (unpaired) electrons. The number of thiol groups is 1. The summed E-state index contributed by atoms with van der Waals surface area (Å²) in [5, 5.41) is 18.0. The second-order valence-electron chi connectivity index (χ2n) is 0.627. The molecule has 1 atom stereocenters. The lowest BCUT2D eigenvalue weighted by Gasteiger charge is -1.88. The first kappa shape index (κ1) is 6.20. The topological polar surface area (TPSA) is 87.2 Å². The summed E-state index contributed by atoms with van der Waals surface area (Å²) >= 11 is -2.61. The standard InChI is InChI=1S/CH2N2O3S/c2-1-7(6)3(4)5/h6-7H. The van der Waals surface area contributed by atoms with Gasteiger partial charge in [0.25, 0.3) is 0 Å². The first-order chi connectivity index (χ1) is 3.18. The first-order valence-electron chi connectivity index (χ1n) is 1.21. The maximum Gasteiger partial charge on any atom is 0.215 e. The molecule has 5 nitrogen and oxygen atoms in total. The molecule has 0 saturated heterocycles. The number of thiocyanates is 1. The summed E-state index contributed by atoms with van der Waals surface area (Å²) in [7, 11) is 0. The highest BCUT2D eigenvalue weighted by Crippen LogP contribution is 2.14. The maximum atomic E-state index is 9.29. The van der Waals surface area contributed by atoms with Crippen LogP contribution in [0.3, 0.4) is 0 Å². The molecule has 1 N–H and O–H groups in total. The fourth-order valence-electron chi connectivity index (χ4n) is 0.0365. The van der Waals surface area contributed by atoms with Crippen molar-refractivity contribution in [3.63, 3.8) is 0 Å². The molecule has 0 aliphatic carbocycles. The molecule has 0 saturated carbocycles. The fourth-order valence-corrected chi connectivity index (χ4v) is 0.110. The van der Waals surface area contributed by atoms with Crippen molar-refractivity contribution in [1.29, 1.82) is 5.26 Å². The second kappa shape index (κ2) is 2.39. The Labute approximate surface area is 42.0 Å². The van der Waals surface area contributed by atoms with E-state index in [4.69, 9.17) is 9.81 Å². The molecule has 0 aromatic rings. The lowest BCUT2D eigenvalue weighted by atomic mass is 11.8. The third-order valence-electron chi connectivity index (χ3n) is 0.244. The number of rotatable bonds is 1. The molecule has 0 bridgehead atoms. The molecule has 0 aromatic carbocycles. The molecular formula is CH2N2O3S. The second-order valence-corrected chi connectivity index (χ2v) is 1.73. The van der Waals surface area contributed by atoms with E-state index in [2.05, 4.69) is 0 Å². The Kier molecular flexibility index (Phi) is 2.11. The smallest absolute Gasteiger partial charge is 0.215 e. The van der Waals surface area contributed by atoms with E-state index < -0.39 is 15.7 Å². The zero-order valence-corrected chi connectivity index (χ0v) is 4.00. The van der Waals surface area contributed by atoms with Gasteiger partial charge in [0.05, 0.1) is 0 Å². The zero-order valence-electron chi connectivity index (χ0n) is 3.11. The molecule has 0 heterocycles. The van der Waals surface area contributed by atoms with Gasteiger partial charge in [-0.05, 0) is 0 Å². The molecule has 0 fully saturated rings. The number of hydrogen-bond acceptors (Lipinski definition) is 4. The predicted molar refractivity (Wildman–Crippen MR) is 24.2 cm³/mol. The van der Waals surface area contributed by atoms with Crippen LogP contribution in [0, 0.1) is 20.8 Å². The normalized spacial score (nSPS) is 14.6. The zero-order chi connectivity index (χ0) is 5.86. The van der Waals surface area contributed by atoms with Crippen LogP contribution in [-0.2, 0) is 0 Å². The van der Waals surface area contributed by atoms with Gasteiger partial charge in [-0.1, -0.05) is 0 Å². The molecule has 0 rings (SSSR count). The lowest BCUT2D eigenvalue weighted by Crippen LogP contribution is -1.88. The third-order valence-corrected chi connectivity index (χ3v) is 0.732. The molecule has 6 heteroatoms. The fraction of sp³-hybridized carbons (Fsp3) is 0. The van der Waals surface area contributed by atoms with Crippen molar-refractivity contribution in [2.75, 3.05) is 0 Å². The Balaban J connectivity index is 3.63. The van der Waals surface area contributed by atoms with Crippen molar-refractivity contribution < 1.29 is 8.88 Å². The van der Waals surface area contributed by atoms with Crippen molar-refractivity contribution in [3.05, 3.63) is 10.1 Å². The summed E-state index contributed by atoms with van der Waals surface area (Å²) in [4.78, 5) is 9.29. The highest BCUT2D eigenvalue weighted by atomic mass is 32.2. The molecule has 7 heavy (non-hydrogen) atoms. The van der Waals surface area contributed by atoms with E-state index in [-0.39, 0.29) is 0 Å². The van der Waals surface area contributed by atoms with Crippen LogP contribution in [0.1, 0.15) is 0 Å². The van der Waals surface area contributed by atoms with Gasteiger partial charge in [0.1, 0.15) is 4.33 Å². The van der Waals surface area contributed by atoms with Crippen LogP contribution in [0.4, 0.5) is 0 Å².